The number of carbonyl (C=O) groups excluding carboxylic acids is 1. The van der Waals surface area contributed by atoms with E-state index in [4.69, 9.17) is 0 Å². The first-order valence-corrected chi connectivity index (χ1v) is 12.1. The number of hydrogen-bond acceptors (Lipinski definition) is 5. The van der Waals surface area contributed by atoms with Gasteiger partial charge in [-0.2, -0.15) is 0 Å². The summed E-state index contributed by atoms with van der Waals surface area (Å²) >= 11 is 0. The average molecular weight is 468 g/mol. The van der Waals surface area contributed by atoms with Gasteiger partial charge >= 0.3 is 0 Å². The van der Waals surface area contributed by atoms with E-state index in [1.54, 1.807) is 10.8 Å². The van der Waals surface area contributed by atoms with Crippen LogP contribution >= 0.6 is 0 Å². The third kappa shape index (κ3) is 5.09. The van der Waals surface area contributed by atoms with E-state index < -0.39 is 0 Å². The lowest BCUT2D eigenvalue weighted by atomic mass is 9.96. The summed E-state index contributed by atoms with van der Waals surface area (Å²) < 4.78 is 1.70. The molecule has 0 aliphatic carbocycles. The number of nitrogens with zero attached hydrogens (tertiary/aromatic N) is 4. The molecule has 1 amide bonds. The van der Waals surface area contributed by atoms with E-state index in [0.717, 1.165) is 11.1 Å². The van der Waals surface area contributed by atoms with Gasteiger partial charge in [0.2, 0.25) is 5.91 Å². The quantitative estimate of drug-likeness (QED) is 0.468. The fourth-order valence-electron chi connectivity index (χ4n) is 4.57. The molecule has 0 bridgehead atoms. The van der Waals surface area contributed by atoms with Gasteiger partial charge in [0.1, 0.15) is 5.52 Å². The first-order chi connectivity index (χ1) is 17.1. The summed E-state index contributed by atoms with van der Waals surface area (Å²) in [6.45, 7) is 4.24. The normalized spacial score (nSPS) is 14.3. The molecule has 1 fully saturated rings. The Labute approximate surface area is 204 Å². The van der Waals surface area contributed by atoms with Crippen LogP contribution in [0.1, 0.15) is 29.5 Å². The lowest BCUT2D eigenvalue weighted by Crippen LogP contribution is -2.43. The first kappa shape index (κ1) is 22.8. The number of pyridine rings is 1. The summed E-state index contributed by atoms with van der Waals surface area (Å²) in [5.74, 6) is 0.438. The Hall–Kier alpha value is -4.00. The predicted octanol–water partition coefficient (Wildman–Crippen LogP) is 3.68. The third-order valence-corrected chi connectivity index (χ3v) is 6.62. The van der Waals surface area contributed by atoms with Crippen LogP contribution in [0.3, 0.4) is 0 Å². The zero-order valence-corrected chi connectivity index (χ0v) is 19.9. The Bertz CT molecular complexity index is 1370. The minimum absolute atomic E-state index is 0.0645. The van der Waals surface area contributed by atoms with E-state index in [1.165, 1.54) is 5.56 Å². The molecule has 0 saturated carbocycles. The zero-order chi connectivity index (χ0) is 24.2. The second-order valence-corrected chi connectivity index (χ2v) is 9.12. The number of hydrogen-bond donors (Lipinski definition) is 1. The summed E-state index contributed by atoms with van der Waals surface area (Å²) in [6.07, 6.45) is 3.06. The number of rotatable bonds is 6. The smallest absolute Gasteiger partial charge is 0.295 e. The van der Waals surface area contributed by atoms with Crippen LogP contribution in [0, 0.1) is 12.8 Å². The Morgan fingerprint density at radius 2 is 1.71 bits per heavy atom. The molecule has 1 aliphatic heterocycles. The van der Waals surface area contributed by atoms with Crippen molar-refractivity contribution in [2.24, 2.45) is 5.92 Å². The van der Waals surface area contributed by atoms with Gasteiger partial charge in [0.05, 0.1) is 6.54 Å². The number of benzene rings is 2. The zero-order valence-electron chi connectivity index (χ0n) is 19.9. The van der Waals surface area contributed by atoms with Crippen molar-refractivity contribution in [2.45, 2.75) is 32.9 Å². The molecule has 0 atom stereocenters. The van der Waals surface area contributed by atoms with Gasteiger partial charge in [0, 0.05) is 31.7 Å². The maximum absolute atomic E-state index is 13.5. The fraction of sp³-hybridized carbons (Fsp3) is 0.286. The van der Waals surface area contributed by atoms with Gasteiger partial charge in [0.15, 0.2) is 11.5 Å². The van der Waals surface area contributed by atoms with Gasteiger partial charge in [-0.3, -0.25) is 14.2 Å². The summed E-state index contributed by atoms with van der Waals surface area (Å²) in [7, 11) is 0. The number of fused-ring (bicyclic) bond motifs is 1. The van der Waals surface area contributed by atoms with Crippen molar-refractivity contribution in [3.05, 3.63) is 100.0 Å². The monoisotopic (exact) mass is 467 g/mol. The van der Waals surface area contributed by atoms with E-state index >= 15 is 0 Å². The van der Waals surface area contributed by atoms with Crippen LogP contribution in [-0.2, 0) is 17.9 Å². The Kier molecular flexibility index (Phi) is 6.57. The van der Waals surface area contributed by atoms with Crippen molar-refractivity contribution < 1.29 is 4.79 Å². The molecule has 0 unspecified atom stereocenters. The molecule has 2 aromatic heterocycles. The second-order valence-electron chi connectivity index (χ2n) is 9.12. The number of anilines is 1. The summed E-state index contributed by atoms with van der Waals surface area (Å²) in [4.78, 5) is 37.4. The number of amides is 1. The number of aryl methyl sites for hydroxylation is 1. The number of aromatic nitrogens is 3. The van der Waals surface area contributed by atoms with Crippen molar-refractivity contribution in [3.63, 3.8) is 0 Å². The van der Waals surface area contributed by atoms with Crippen LogP contribution in [-0.4, -0.2) is 33.5 Å². The Morgan fingerprint density at radius 1 is 0.971 bits per heavy atom. The molecule has 0 spiro atoms. The van der Waals surface area contributed by atoms with Crippen LogP contribution in [0.5, 0.6) is 0 Å². The topological polar surface area (TPSA) is 80.1 Å². The SMILES string of the molecule is Cc1ccc(CNC(=O)C2CCN(c3nc4cccnc4n(Cc4ccccc4)c3=O)CC2)cc1. The number of nitrogens with one attached hydrogen (secondary N) is 1. The standard InChI is InChI=1S/C28H29N5O2/c1-20-9-11-21(12-10-20)18-30-27(34)23-13-16-32(17-14-23)26-28(35)33(19-22-6-3-2-4-7-22)25-24(31-26)8-5-15-29-25/h2-12,15,23H,13-14,16-19H2,1H3,(H,30,34). The Morgan fingerprint density at radius 3 is 2.46 bits per heavy atom. The molecule has 1 saturated heterocycles. The lowest BCUT2D eigenvalue weighted by Gasteiger charge is -2.32. The molecule has 5 rings (SSSR count). The highest BCUT2D eigenvalue weighted by atomic mass is 16.2. The molecular weight excluding hydrogens is 438 g/mol. The lowest BCUT2D eigenvalue weighted by molar-refractivity contribution is -0.125. The molecule has 35 heavy (non-hydrogen) atoms. The van der Waals surface area contributed by atoms with Crippen LogP contribution in [0.25, 0.3) is 11.2 Å². The second kappa shape index (κ2) is 10.1. The molecule has 1 aliphatic rings. The maximum atomic E-state index is 13.5. The maximum Gasteiger partial charge on any atom is 0.295 e. The number of piperidine rings is 1. The van der Waals surface area contributed by atoms with E-state index in [1.807, 2.05) is 66.4 Å². The van der Waals surface area contributed by atoms with Crippen LogP contribution < -0.4 is 15.8 Å². The van der Waals surface area contributed by atoms with Crippen LogP contribution in [0.15, 0.2) is 77.7 Å². The van der Waals surface area contributed by atoms with E-state index in [0.29, 0.717) is 56.0 Å². The highest BCUT2D eigenvalue weighted by Gasteiger charge is 2.27. The largest absolute Gasteiger partial charge is 0.352 e. The highest BCUT2D eigenvalue weighted by molar-refractivity contribution is 5.79. The van der Waals surface area contributed by atoms with Gasteiger partial charge in [-0.25, -0.2) is 9.97 Å². The van der Waals surface area contributed by atoms with Crippen LogP contribution in [0.4, 0.5) is 5.82 Å². The van der Waals surface area contributed by atoms with Crippen molar-refractivity contribution in [2.75, 3.05) is 18.0 Å². The van der Waals surface area contributed by atoms with E-state index in [-0.39, 0.29) is 17.4 Å². The van der Waals surface area contributed by atoms with Crippen LogP contribution in [0.2, 0.25) is 0 Å². The van der Waals surface area contributed by atoms with Gasteiger partial charge in [-0.15, -0.1) is 0 Å². The molecule has 1 N–H and O–H groups in total. The minimum Gasteiger partial charge on any atom is -0.352 e. The van der Waals surface area contributed by atoms with Gasteiger partial charge in [-0.05, 0) is 43.0 Å². The summed E-state index contributed by atoms with van der Waals surface area (Å²) in [5.41, 5.74) is 4.44. The molecule has 0 radical (unpaired) electrons. The molecular formula is C28H29N5O2. The van der Waals surface area contributed by atoms with Crippen molar-refractivity contribution in [3.8, 4) is 0 Å². The molecule has 178 valence electrons. The number of carbonyl (C=O) groups is 1. The minimum atomic E-state index is -0.151. The molecule has 3 heterocycles. The van der Waals surface area contributed by atoms with E-state index in [2.05, 4.69) is 27.4 Å². The molecule has 4 aromatic rings. The Balaban J connectivity index is 1.30. The van der Waals surface area contributed by atoms with Gasteiger partial charge in [-0.1, -0.05) is 60.2 Å². The highest BCUT2D eigenvalue weighted by Crippen LogP contribution is 2.22. The van der Waals surface area contributed by atoms with Crippen molar-refractivity contribution in [1.82, 2.24) is 19.9 Å². The first-order valence-electron chi connectivity index (χ1n) is 12.1. The van der Waals surface area contributed by atoms with Gasteiger partial charge in [0.25, 0.3) is 5.56 Å². The predicted molar refractivity (Wildman–Crippen MR) is 137 cm³/mol. The van der Waals surface area contributed by atoms with Crippen molar-refractivity contribution >= 4 is 22.9 Å². The average Bonchev–Trinajstić information content (AvgIpc) is 2.90. The van der Waals surface area contributed by atoms with E-state index in [9.17, 15) is 9.59 Å². The molecule has 7 heteroatoms. The third-order valence-electron chi connectivity index (χ3n) is 6.62. The molecule has 7 nitrogen and oxygen atoms in total. The fourth-order valence-corrected chi connectivity index (χ4v) is 4.57. The summed E-state index contributed by atoms with van der Waals surface area (Å²) in [6, 6.07) is 21.8. The molecule has 2 aromatic carbocycles. The summed E-state index contributed by atoms with van der Waals surface area (Å²) in [5, 5.41) is 3.07. The van der Waals surface area contributed by atoms with Gasteiger partial charge < -0.3 is 10.2 Å². The van der Waals surface area contributed by atoms with Crippen molar-refractivity contribution in [1.29, 1.82) is 0 Å².